The molecule has 2 aromatic carbocycles. The lowest BCUT2D eigenvalue weighted by Crippen LogP contribution is -2.31. The average molecular weight is 312 g/mol. The summed E-state index contributed by atoms with van der Waals surface area (Å²) in [6.07, 6.45) is 1.43. The first-order chi connectivity index (χ1) is 11.0. The Balaban J connectivity index is 1.69. The maximum atomic E-state index is 12.8. The molecular formula is C18H17FN2O2. The Kier molecular flexibility index (Phi) is 4.10. The van der Waals surface area contributed by atoms with Gasteiger partial charge in [0, 0.05) is 24.8 Å². The quantitative estimate of drug-likeness (QED) is 0.947. The number of carbonyl (C=O) groups is 2. The van der Waals surface area contributed by atoms with Crippen LogP contribution < -0.4 is 10.2 Å². The second-order valence-electron chi connectivity index (χ2n) is 5.65. The Morgan fingerprint density at radius 3 is 2.65 bits per heavy atom. The highest BCUT2D eigenvalue weighted by Crippen LogP contribution is 2.27. The van der Waals surface area contributed by atoms with Crippen molar-refractivity contribution in [1.29, 1.82) is 0 Å². The fourth-order valence-electron chi connectivity index (χ4n) is 2.74. The molecular weight excluding hydrogens is 295 g/mol. The maximum Gasteiger partial charge on any atom is 0.228 e. The summed E-state index contributed by atoms with van der Waals surface area (Å²) in [5, 5.41) is 2.74. The van der Waals surface area contributed by atoms with Crippen molar-refractivity contribution in [2.45, 2.75) is 19.3 Å². The molecule has 0 aromatic heterocycles. The predicted octanol–water partition coefficient (Wildman–Crippen LogP) is 2.92. The highest BCUT2D eigenvalue weighted by Gasteiger charge is 2.21. The molecule has 118 valence electrons. The van der Waals surface area contributed by atoms with Gasteiger partial charge in [-0.25, -0.2) is 4.39 Å². The van der Waals surface area contributed by atoms with Gasteiger partial charge in [-0.2, -0.15) is 0 Å². The summed E-state index contributed by atoms with van der Waals surface area (Å²) in [6.45, 7) is 0. The van der Waals surface area contributed by atoms with E-state index in [4.69, 9.17) is 0 Å². The first-order valence-electron chi connectivity index (χ1n) is 7.47. The fraction of sp³-hybridized carbons (Fsp3) is 0.222. The summed E-state index contributed by atoms with van der Waals surface area (Å²) in [4.78, 5) is 25.4. The number of hydrogen-bond donors (Lipinski definition) is 1. The molecule has 0 atom stereocenters. The van der Waals surface area contributed by atoms with Crippen molar-refractivity contribution < 1.29 is 14.0 Å². The minimum Gasteiger partial charge on any atom is -0.326 e. The molecule has 1 aliphatic rings. The van der Waals surface area contributed by atoms with Gasteiger partial charge in [0.05, 0.1) is 6.42 Å². The zero-order chi connectivity index (χ0) is 16.4. The summed E-state index contributed by atoms with van der Waals surface area (Å²) in [5.41, 5.74) is 3.45. The summed E-state index contributed by atoms with van der Waals surface area (Å²) in [6, 6.07) is 11.4. The number of aryl methyl sites for hydroxylation is 1. The Morgan fingerprint density at radius 1 is 1.17 bits per heavy atom. The predicted molar refractivity (Wildman–Crippen MR) is 86.9 cm³/mol. The molecule has 0 radical (unpaired) electrons. The topological polar surface area (TPSA) is 49.4 Å². The number of anilines is 2. The highest BCUT2D eigenvalue weighted by atomic mass is 19.1. The van der Waals surface area contributed by atoms with Crippen LogP contribution in [0.15, 0.2) is 42.5 Å². The number of halogens is 1. The van der Waals surface area contributed by atoms with Crippen LogP contribution in [0.1, 0.15) is 17.5 Å². The van der Waals surface area contributed by atoms with Gasteiger partial charge in [0.25, 0.3) is 0 Å². The zero-order valence-corrected chi connectivity index (χ0v) is 12.8. The Labute approximate surface area is 133 Å². The largest absolute Gasteiger partial charge is 0.326 e. The van der Waals surface area contributed by atoms with Gasteiger partial charge in [-0.05, 0) is 47.9 Å². The van der Waals surface area contributed by atoms with E-state index in [1.807, 2.05) is 18.2 Å². The van der Waals surface area contributed by atoms with Gasteiger partial charge in [0.2, 0.25) is 11.8 Å². The third kappa shape index (κ3) is 3.39. The van der Waals surface area contributed by atoms with Crippen LogP contribution in [0.2, 0.25) is 0 Å². The summed E-state index contributed by atoms with van der Waals surface area (Å²) in [5.74, 6) is -0.382. The molecule has 2 aromatic rings. The first kappa shape index (κ1) is 15.2. The second kappa shape index (κ2) is 6.20. The smallest absolute Gasteiger partial charge is 0.228 e. The molecule has 0 spiro atoms. The van der Waals surface area contributed by atoms with E-state index in [-0.39, 0.29) is 24.1 Å². The number of fused-ring (bicyclic) bond motifs is 1. The van der Waals surface area contributed by atoms with Crippen LogP contribution in [-0.2, 0) is 22.4 Å². The number of amides is 2. The van der Waals surface area contributed by atoms with Crippen LogP contribution in [0, 0.1) is 5.82 Å². The molecule has 2 amide bonds. The van der Waals surface area contributed by atoms with E-state index in [9.17, 15) is 14.0 Å². The lowest BCUT2D eigenvalue weighted by atomic mass is 9.98. The average Bonchev–Trinajstić information content (AvgIpc) is 2.53. The van der Waals surface area contributed by atoms with E-state index in [2.05, 4.69) is 5.32 Å². The van der Waals surface area contributed by atoms with Crippen LogP contribution in [0.3, 0.4) is 0 Å². The molecule has 0 unspecified atom stereocenters. The number of nitrogens with zero attached hydrogens (tertiary/aromatic N) is 1. The van der Waals surface area contributed by atoms with Crippen molar-refractivity contribution in [2.75, 3.05) is 17.3 Å². The first-order valence-corrected chi connectivity index (χ1v) is 7.47. The molecule has 0 fully saturated rings. The van der Waals surface area contributed by atoms with Gasteiger partial charge in [-0.15, -0.1) is 0 Å². The molecule has 0 aliphatic carbocycles. The van der Waals surface area contributed by atoms with E-state index in [1.165, 1.54) is 24.3 Å². The molecule has 0 saturated carbocycles. The lowest BCUT2D eigenvalue weighted by molar-refractivity contribution is -0.118. The maximum absolute atomic E-state index is 12.8. The number of hydrogen-bond acceptors (Lipinski definition) is 2. The van der Waals surface area contributed by atoms with Crippen molar-refractivity contribution in [3.05, 3.63) is 59.4 Å². The number of benzene rings is 2. The van der Waals surface area contributed by atoms with Gasteiger partial charge in [-0.1, -0.05) is 12.1 Å². The lowest BCUT2D eigenvalue weighted by Gasteiger charge is -2.26. The highest BCUT2D eigenvalue weighted by molar-refractivity contribution is 5.96. The van der Waals surface area contributed by atoms with Crippen molar-refractivity contribution in [3.63, 3.8) is 0 Å². The molecule has 0 saturated heterocycles. The van der Waals surface area contributed by atoms with Gasteiger partial charge >= 0.3 is 0 Å². The Hall–Kier alpha value is -2.69. The van der Waals surface area contributed by atoms with E-state index in [1.54, 1.807) is 11.9 Å². The summed E-state index contributed by atoms with van der Waals surface area (Å²) >= 11 is 0. The third-order valence-corrected chi connectivity index (χ3v) is 3.98. The minimum absolute atomic E-state index is 0.110. The number of nitrogens with one attached hydrogen (secondary N) is 1. The van der Waals surface area contributed by atoms with Gasteiger partial charge in [-0.3, -0.25) is 9.59 Å². The van der Waals surface area contributed by atoms with Crippen molar-refractivity contribution >= 4 is 23.2 Å². The van der Waals surface area contributed by atoms with Crippen LogP contribution in [-0.4, -0.2) is 18.9 Å². The summed E-state index contributed by atoms with van der Waals surface area (Å²) in [7, 11) is 1.77. The van der Waals surface area contributed by atoms with Crippen molar-refractivity contribution in [2.24, 2.45) is 0 Å². The molecule has 1 aliphatic heterocycles. The second-order valence-corrected chi connectivity index (χ2v) is 5.65. The minimum atomic E-state index is -0.337. The van der Waals surface area contributed by atoms with Gasteiger partial charge < -0.3 is 10.2 Å². The standard InChI is InChI=1S/C18H17FN2O2/c1-21-16-8-2-12(10-13(16)3-9-18(21)23)11-17(22)20-15-6-4-14(19)5-7-15/h2,4-8,10H,3,9,11H2,1H3,(H,20,22). The molecule has 5 heteroatoms. The van der Waals surface area contributed by atoms with Gasteiger partial charge in [0.1, 0.15) is 5.82 Å². The van der Waals surface area contributed by atoms with E-state index in [0.29, 0.717) is 18.5 Å². The number of carbonyl (C=O) groups excluding carboxylic acids is 2. The zero-order valence-electron chi connectivity index (χ0n) is 12.8. The molecule has 0 bridgehead atoms. The van der Waals surface area contributed by atoms with Crippen molar-refractivity contribution in [1.82, 2.24) is 0 Å². The Bertz CT molecular complexity index is 756. The molecule has 1 heterocycles. The molecule has 23 heavy (non-hydrogen) atoms. The van der Waals surface area contributed by atoms with E-state index in [0.717, 1.165) is 16.8 Å². The van der Waals surface area contributed by atoms with Crippen LogP contribution >= 0.6 is 0 Å². The summed E-state index contributed by atoms with van der Waals surface area (Å²) < 4.78 is 12.8. The number of rotatable bonds is 3. The molecule has 1 N–H and O–H groups in total. The van der Waals surface area contributed by atoms with E-state index < -0.39 is 0 Å². The van der Waals surface area contributed by atoms with E-state index >= 15 is 0 Å². The fourth-order valence-corrected chi connectivity index (χ4v) is 2.74. The molecule has 3 rings (SSSR count). The third-order valence-electron chi connectivity index (χ3n) is 3.98. The van der Waals surface area contributed by atoms with Crippen LogP contribution in [0.5, 0.6) is 0 Å². The Morgan fingerprint density at radius 2 is 1.91 bits per heavy atom. The van der Waals surface area contributed by atoms with Crippen LogP contribution in [0.25, 0.3) is 0 Å². The monoisotopic (exact) mass is 312 g/mol. The normalized spacial score (nSPS) is 13.7. The van der Waals surface area contributed by atoms with Crippen LogP contribution in [0.4, 0.5) is 15.8 Å². The van der Waals surface area contributed by atoms with Crippen molar-refractivity contribution in [3.8, 4) is 0 Å². The van der Waals surface area contributed by atoms with Gasteiger partial charge in [0.15, 0.2) is 0 Å². The SMILES string of the molecule is CN1C(=O)CCc2cc(CC(=O)Nc3ccc(F)cc3)ccc21. The molecule has 4 nitrogen and oxygen atoms in total.